The fourth-order valence-corrected chi connectivity index (χ4v) is 2.00. The third-order valence-corrected chi connectivity index (χ3v) is 2.92. The SMILES string of the molecule is Cn1cc(C(O)c2ccc3c(c2)OCCO3)cn1. The van der Waals surface area contributed by atoms with Crippen LogP contribution in [0.25, 0.3) is 0 Å². The molecule has 2 heterocycles. The Hall–Kier alpha value is -2.01. The van der Waals surface area contributed by atoms with Crippen molar-refractivity contribution < 1.29 is 14.6 Å². The van der Waals surface area contributed by atoms with Gasteiger partial charge in [-0.25, -0.2) is 0 Å². The third-order valence-electron chi connectivity index (χ3n) is 2.92. The van der Waals surface area contributed by atoms with Crippen LogP contribution in [-0.2, 0) is 7.05 Å². The molecule has 0 radical (unpaired) electrons. The number of nitrogens with zero attached hydrogens (tertiary/aromatic N) is 2. The molecule has 1 aliphatic rings. The first kappa shape index (κ1) is 11.1. The van der Waals surface area contributed by atoms with Gasteiger partial charge in [-0.1, -0.05) is 6.07 Å². The summed E-state index contributed by atoms with van der Waals surface area (Å²) in [4.78, 5) is 0. The van der Waals surface area contributed by atoms with Gasteiger partial charge < -0.3 is 14.6 Å². The average molecular weight is 246 g/mol. The van der Waals surface area contributed by atoms with E-state index in [1.165, 1.54) is 0 Å². The highest BCUT2D eigenvalue weighted by Gasteiger charge is 2.17. The van der Waals surface area contributed by atoms with E-state index in [2.05, 4.69) is 5.10 Å². The van der Waals surface area contributed by atoms with Gasteiger partial charge in [0.15, 0.2) is 11.5 Å². The zero-order valence-corrected chi connectivity index (χ0v) is 10.0. The molecule has 1 aromatic carbocycles. The number of hydrogen-bond donors (Lipinski definition) is 1. The van der Waals surface area contributed by atoms with Gasteiger partial charge in [0.2, 0.25) is 0 Å². The van der Waals surface area contributed by atoms with Crippen LogP contribution in [0.3, 0.4) is 0 Å². The van der Waals surface area contributed by atoms with E-state index in [4.69, 9.17) is 9.47 Å². The number of rotatable bonds is 2. The maximum absolute atomic E-state index is 10.3. The standard InChI is InChI=1S/C13H14N2O3/c1-15-8-10(7-14-15)13(16)9-2-3-11-12(6-9)18-5-4-17-11/h2-3,6-8,13,16H,4-5H2,1H3. The Morgan fingerprint density at radius 2 is 2.00 bits per heavy atom. The lowest BCUT2D eigenvalue weighted by Crippen LogP contribution is -2.15. The van der Waals surface area contributed by atoms with E-state index in [-0.39, 0.29) is 0 Å². The monoisotopic (exact) mass is 246 g/mol. The summed E-state index contributed by atoms with van der Waals surface area (Å²) in [6.07, 6.45) is 2.75. The minimum absolute atomic E-state index is 0.541. The van der Waals surface area contributed by atoms with Crippen molar-refractivity contribution >= 4 is 0 Å². The summed E-state index contributed by atoms with van der Waals surface area (Å²) in [6, 6.07) is 5.47. The number of aliphatic hydroxyl groups excluding tert-OH is 1. The van der Waals surface area contributed by atoms with Crippen LogP contribution in [0.2, 0.25) is 0 Å². The van der Waals surface area contributed by atoms with E-state index in [0.29, 0.717) is 19.0 Å². The topological polar surface area (TPSA) is 56.5 Å². The van der Waals surface area contributed by atoms with Gasteiger partial charge in [0, 0.05) is 18.8 Å². The number of ether oxygens (including phenoxy) is 2. The molecule has 1 N–H and O–H groups in total. The zero-order valence-electron chi connectivity index (χ0n) is 10.0. The first-order chi connectivity index (χ1) is 8.74. The molecule has 0 amide bonds. The second kappa shape index (κ2) is 4.34. The van der Waals surface area contributed by atoms with Gasteiger partial charge in [0.25, 0.3) is 0 Å². The second-order valence-corrected chi connectivity index (χ2v) is 4.25. The molecule has 1 aromatic heterocycles. The Labute approximate surface area is 105 Å². The fraction of sp³-hybridized carbons (Fsp3) is 0.308. The molecule has 1 aliphatic heterocycles. The van der Waals surface area contributed by atoms with E-state index in [0.717, 1.165) is 16.9 Å². The van der Waals surface area contributed by atoms with Crippen LogP contribution in [0, 0.1) is 0 Å². The summed E-state index contributed by atoms with van der Waals surface area (Å²) < 4.78 is 12.6. The molecule has 5 nitrogen and oxygen atoms in total. The minimum atomic E-state index is -0.700. The zero-order chi connectivity index (χ0) is 12.5. The number of fused-ring (bicyclic) bond motifs is 1. The van der Waals surface area contributed by atoms with Crippen molar-refractivity contribution in [3.05, 3.63) is 41.7 Å². The molecule has 1 atom stereocenters. The Morgan fingerprint density at radius 1 is 1.22 bits per heavy atom. The van der Waals surface area contributed by atoms with Gasteiger partial charge >= 0.3 is 0 Å². The lowest BCUT2D eigenvalue weighted by Gasteiger charge is -2.20. The molecule has 0 fully saturated rings. The maximum atomic E-state index is 10.3. The van der Waals surface area contributed by atoms with Crippen molar-refractivity contribution in [3.8, 4) is 11.5 Å². The van der Waals surface area contributed by atoms with E-state index < -0.39 is 6.10 Å². The van der Waals surface area contributed by atoms with E-state index >= 15 is 0 Å². The fourth-order valence-electron chi connectivity index (χ4n) is 2.00. The molecule has 1 unspecified atom stereocenters. The van der Waals surface area contributed by atoms with Crippen molar-refractivity contribution in [2.45, 2.75) is 6.10 Å². The Balaban J connectivity index is 1.92. The summed E-state index contributed by atoms with van der Waals surface area (Å²) in [7, 11) is 1.82. The number of aryl methyl sites for hydroxylation is 1. The third kappa shape index (κ3) is 1.93. The van der Waals surface area contributed by atoms with Crippen molar-refractivity contribution in [3.63, 3.8) is 0 Å². The van der Waals surface area contributed by atoms with Gasteiger partial charge in [-0.05, 0) is 17.7 Å². The van der Waals surface area contributed by atoms with Crippen molar-refractivity contribution in [1.82, 2.24) is 9.78 Å². The summed E-state index contributed by atoms with van der Waals surface area (Å²) in [6.45, 7) is 1.11. The Bertz CT molecular complexity index is 565. The predicted octanol–water partition coefficient (Wildman–Crippen LogP) is 1.27. The molecule has 2 aromatic rings. The molecular formula is C13H14N2O3. The molecular weight excluding hydrogens is 232 g/mol. The number of benzene rings is 1. The normalized spacial score (nSPS) is 15.4. The highest BCUT2D eigenvalue weighted by atomic mass is 16.6. The van der Waals surface area contributed by atoms with Gasteiger partial charge in [-0.15, -0.1) is 0 Å². The first-order valence-corrected chi connectivity index (χ1v) is 5.80. The van der Waals surface area contributed by atoms with Crippen LogP contribution in [0.1, 0.15) is 17.2 Å². The first-order valence-electron chi connectivity index (χ1n) is 5.80. The van der Waals surface area contributed by atoms with E-state index in [1.54, 1.807) is 17.1 Å². The van der Waals surface area contributed by atoms with Gasteiger partial charge in [0.05, 0.1) is 6.20 Å². The van der Waals surface area contributed by atoms with Crippen molar-refractivity contribution in [2.75, 3.05) is 13.2 Å². The quantitative estimate of drug-likeness (QED) is 0.867. The lowest BCUT2D eigenvalue weighted by molar-refractivity contribution is 0.169. The van der Waals surface area contributed by atoms with Crippen LogP contribution in [-0.4, -0.2) is 28.1 Å². The van der Waals surface area contributed by atoms with Gasteiger partial charge in [0.1, 0.15) is 19.3 Å². The molecule has 0 saturated heterocycles. The highest BCUT2D eigenvalue weighted by Crippen LogP contribution is 2.34. The van der Waals surface area contributed by atoms with E-state index in [1.807, 2.05) is 25.2 Å². The predicted molar refractivity (Wildman–Crippen MR) is 64.7 cm³/mol. The smallest absolute Gasteiger partial charge is 0.161 e. The molecule has 5 heteroatoms. The minimum Gasteiger partial charge on any atom is -0.486 e. The second-order valence-electron chi connectivity index (χ2n) is 4.25. The summed E-state index contributed by atoms with van der Waals surface area (Å²) >= 11 is 0. The molecule has 94 valence electrons. The van der Waals surface area contributed by atoms with Crippen LogP contribution in [0.4, 0.5) is 0 Å². The molecule has 0 saturated carbocycles. The molecule has 0 spiro atoms. The largest absolute Gasteiger partial charge is 0.486 e. The molecule has 0 bridgehead atoms. The van der Waals surface area contributed by atoms with Gasteiger partial charge in [-0.2, -0.15) is 5.10 Å². The van der Waals surface area contributed by atoms with Crippen molar-refractivity contribution in [1.29, 1.82) is 0 Å². The van der Waals surface area contributed by atoms with Crippen LogP contribution in [0.15, 0.2) is 30.6 Å². The summed E-state index contributed by atoms with van der Waals surface area (Å²) in [5, 5.41) is 14.3. The van der Waals surface area contributed by atoms with Crippen LogP contribution < -0.4 is 9.47 Å². The van der Waals surface area contributed by atoms with Crippen LogP contribution in [0.5, 0.6) is 11.5 Å². The lowest BCUT2D eigenvalue weighted by atomic mass is 10.0. The number of aromatic nitrogens is 2. The molecule has 0 aliphatic carbocycles. The maximum Gasteiger partial charge on any atom is 0.161 e. The summed E-state index contributed by atoms with van der Waals surface area (Å²) in [5.74, 6) is 1.41. The molecule has 3 rings (SSSR count). The Kier molecular flexibility index (Phi) is 2.68. The molecule has 18 heavy (non-hydrogen) atoms. The summed E-state index contributed by atoms with van der Waals surface area (Å²) in [5.41, 5.74) is 1.53. The van der Waals surface area contributed by atoms with E-state index in [9.17, 15) is 5.11 Å². The Morgan fingerprint density at radius 3 is 2.72 bits per heavy atom. The average Bonchev–Trinajstić information content (AvgIpc) is 2.84. The van der Waals surface area contributed by atoms with Gasteiger partial charge in [-0.3, -0.25) is 4.68 Å². The van der Waals surface area contributed by atoms with Crippen molar-refractivity contribution in [2.24, 2.45) is 7.05 Å². The number of aliphatic hydroxyl groups is 1. The van der Waals surface area contributed by atoms with Crippen LogP contribution >= 0.6 is 0 Å². The number of hydrogen-bond acceptors (Lipinski definition) is 4. The highest BCUT2D eigenvalue weighted by molar-refractivity contribution is 5.45.